The van der Waals surface area contributed by atoms with Crippen LogP contribution in [0.3, 0.4) is 0 Å². The molecule has 1 aromatic heterocycles. The number of hydrogen-bond donors (Lipinski definition) is 2. The van der Waals surface area contributed by atoms with Crippen molar-refractivity contribution in [2.45, 2.75) is 13.2 Å². The molecule has 0 bridgehead atoms. The smallest absolute Gasteiger partial charge is 0.339 e. The monoisotopic (exact) mass is 280 g/mol. The molecule has 0 unspecified atom stereocenters. The first-order valence-electron chi connectivity index (χ1n) is 6.01. The van der Waals surface area contributed by atoms with Gasteiger partial charge < -0.3 is 20.1 Å². The van der Waals surface area contributed by atoms with E-state index in [-0.39, 0.29) is 12.2 Å². The Morgan fingerprint density at radius 3 is 2.85 bits per heavy atom. The van der Waals surface area contributed by atoms with Crippen LogP contribution in [0.4, 0.5) is 0 Å². The van der Waals surface area contributed by atoms with E-state index in [0.717, 1.165) is 5.70 Å². The first-order chi connectivity index (χ1) is 9.51. The highest BCUT2D eigenvalue weighted by Crippen LogP contribution is 2.13. The zero-order valence-electron chi connectivity index (χ0n) is 12.0. The number of likely N-dealkylation sites (N-methyl/N-ethyl adjacent to an activating group) is 1. The summed E-state index contributed by atoms with van der Waals surface area (Å²) in [5, 5.41) is 16.2. The van der Waals surface area contributed by atoms with Crippen molar-refractivity contribution in [3.63, 3.8) is 0 Å². The summed E-state index contributed by atoms with van der Waals surface area (Å²) in [5.74, 6) is -1.01. The predicted octanol–water partition coefficient (Wildman–Crippen LogP) is 0.864. The second kappa shape index (κ2) is 7.34. The number of carboxylic acid groups (broad SMARTS) is 1. The molecular weight excluding hydrogens is 260 g/mol. The zero-order chi connectivity index (χ0) is 15.1. The molecule has 7 heteroatoms. The van der Waals surface area contributed by atoms with Crippen LogP contribution in [-0.4, -0.2) is 47.0 Å². The molecule has 0 radical (unpaired) electrons. The van der Waals surface area contributed by atoms with E-state index in [9.17, 15) is 4.79 Å². The standard InChI is InChI=1S/C13H20N4O3/c1-5-14-6-10(16(2)3)8-17-12(9-20-4)11(7-15-17)13(18)19/h5-7,14H,1,8-9H2,2-4H3,(H,18,19)/b10-6-. The van der Waals surface area contributed by atoms with Crippen LogP contribution in [-0.2, 0) is 17.9 Å². The first kappa shape index (κ1) is 15.8. The Hall–Kier alpha value is -2.28. The molecule has 0 aliphatic heterocycles. The molecule has 0 atom stereocenters. The van der Waals surface area contributed by atoms with Gasteiger partial charge in [-0.15, -0.1) is 0 Å². The molecule has 1 heterocycles. The van der Waals surface area contributed by atoms with Gasteiger partial charge in [0.05, 0.1) is 30.7 Å². The number of ether oxygens (including phenoxy) is 1. The number of aromatic carboxylic acids is 1. The third-order valence-corrected chi connectivity index (χ3v) is 2.71. The van der Waals surface area contributed by atoms with E-state index < -0.39 is 5.97 Å². The number of carbonyl (C=O) groups is 1. The minimum Gasteiger partial charge on any atom is -0.478 e. The lowest BCUT2D eigenvalue weighted by Gasteiger charge is -2.18. The van der Waals surface area contributed by atoms with E-state index in [4.69, 9.17) is 9.84 Å². The Balaban J connectivity index is 3.06. The number of nitrogens with one attached hydrogen (secondary N) is 1. The average molecular weight is 280 g/mol. The fraction of sp³-hybridized carbons (Fsp3) is 0.385. The summed E-state index contributed by atoms with van der Waals surface area (Å²) in [6, 6.07) is 0. The Labute approximate surface area is 118 Å². The topological polar surface area (TPSA) is 79.6 Å². The van der Waals surface area contributed by atoms with Crippen LogP contribution >= 0.6 is 0 Å². The second-order valence-electron chi connectivity index (χ2n) is 4.30. The lowest BCUT2D eigenvalue weighted by molar-refractivity contribution is 0.0691. The van der Waals surface area contributed by atoms with Gasteiger partial charge in [-0.1, -0.05) is 6.58 Å². The summed E-state index contributed by atoms with van der Waals surface area (Å²) >= 11 is 0. The highest BCUT2D eigenvalue weighted by atomic mass is 16.5. The Bertz CT molecular complexity index is 506. The predicted molar refractivity (Wildman–Crippen MR) is 75.0 cm³/mol. The van der Waals surface area contributed by atoms with E-state index in [1.807, 2.05) is 19.0 Å². The summed E-state index contributed by atoms with van der Waals surface area (Å²) in [4.78, 5) is 13.1. The second-order valence-corrected chi connectivity index (χ2v) is 4.30. The number of hydrogen-bond acceptors (Lipinski definition) is 5. The Kier molecular flexibility index (Phi) is 5.79. The fourth-order valence-electron chi connectivity index (χ4n) is 1.64. The van der Waals surface area contributed by atoms with E-state index in [2.05, 4.69) is 17.0 Å². The van der Waals surface area contributed by atoms with Crippen LogP contribution in [0.5, 0.6) is 0 Å². The minimum absolute atomic E-state index is 0.154. The SMILES string of the molecule is C=CN/C=C(/Cn1ncc(C(=O)O)c1COC)N(C)C. The molecule has 0 fully saturated rings. The van der Waals surface area contributed by atoms with Gasteiger partial charge >= 0.3 is 5.97 Å². The quantitative estimate of drug-likeness (QED) is 0.735. The molecule has 1 rings (SSSR count). The largest absolute Gasteiger partial charge is 0.478 e. The van der Waals surface area contributed by atoms with Crippen LogP contribution < -0.4 is 5.32 Å². The minimum atomic E-state index is -1.01. The van der Waals surface area contributed by atoms with Gasteiger partial charge in [0, 0.05) is 27.4 Å². The number of methoxy groups -OCH3 is 1. The van der Waals surface area contributed by atoms with Crippen LogP contribution in [0, 0.1) is 0 Å². The number of nitrogens with zero attached hydrogens (tertiary/aromatic N) is 3. The summed E-state index contributed by atoms with van der Waals surface area (Å²) in [5.41, 5.74) is 1.61. The molecule has 110 valence electrons. The first-order valence-corrected chi connectivity index (χ1v) is 6.01. The summed E-state index contributed by atoms with van der Waals surface area (Å²) in [6.45, 7) is 4.20. The van der Waals surface area contributed by atoms with Crippen molar-refractivity contribution < 1.29 is 14.6 Å². The summed E-state index contributed by atoms with van der Waals surface area (Å²) in [7, 11) is 5.31. The number of rotatable bonds is 8. The van der Waals surface area contributed by atoms with Gasteiger partial charge in [0.25, 0.3) is 0 Å². The third-order valence-electron chi connectivity index (χ3n) is 2.71. The van der Waals surface area contributed by atoms with Crippen LogP contribution in [0.15, 0.2) is 30.9 Å². The lowest BCUT2D eigenvalue weighted by atomic mass is 10.2. The highest BCUT2D eigenvalue weighted by Gasteiger charge is 2.17. The molecule has 0 saturated carbocycles. The van der Waals surface area contributed by atoms with E-state index in [0.29, 0.717) is 12.2 Å². The van der Waals surface area contributed by atoms with Crippen LogP contribution in [0.25, 0.3) is 0 Å². The van der Waals surface area contributed by atoms with Crippen LogP contribution in [0.2, 0.25) is 0 Å². The molecule has 0 spiro atoms. The Morgan fingerprint density at radius 2 is 2.35 bits per heavy atom. The zero-order valence-corrected chi connectivity index (χ0v) is 12.0. The van der Waals surface area contributed by atoms with Crippen LogP contribution in [0.1, 0.15) is 16.1 Å². The number of allylic oxidation sites excluding steroid dienone is 1. The van der Waals surface area contributed by atoms with Crippen molar-refractivity contribution >= 4 is 5.97 Å². The van der Waals surface area contributed by atoms with Gasteiger partial charge in [0.15, 0.2) is 0 Å². The number of carboxylic acids is 1. The van der Waals surface area contributed by atoms with E-state index in [1.165, 1.54) is 13.3 Å². The Morgan fingerprint density at radius 1 is 1.65 bits per heavy atom. The maximum absolute atomic E-state index is 11.1. The van der Waals surface area contributed by atoms with Gasteiger partial charge in [-0.2, -0.15) is 5.10 Å². The summed E-state index contributed by atoms with van der Waals surface area (Å²) in [6.07, 6.45) is 4.68. The fourth-order valence-corrected chi connectivity index (χ4v) is 1.64. The molecule has 20 heavy (non-hydrogen) atoms. The molecule has 0 aliphatic carbocycles. The van der Waals surface area contributed by atoms with Crippen molar-refractivity contribution in [2.24, 2.45) is 0 Å². The molecule has 0 amide bonds. The van der Waals surface area contributed by atoms with Gasteiger partial charge in [0.1, 0.15) is 5.56 Å². The van der Waals surface area contributed by atoms with E-state index >= 15 is 0 Å². The molecule has 0 aromatic carbocycles. The molecule has 7 nitrogen and oxygen atoms in total. The molecule has 0 aliphatic rings. The summed E-state index contributed by atoms with van der Waals surface area (Å²) < 4.78 is 6.67. The van der Waals surface area contributed by atoms with Gasteiger partial charge in [-0.05, 0) is 6.20 Å². The van der Waals surface area contributed by atoms with Crippen molar-refractivity contribution in [1.29, 1.82) is 0 Å². The third kappa shape index (κ3) is 3.86. The van der Waals surface area contributed by atoms with Crippen molar-refractivity contribution in [3.8, 4) is 0 Å². The van der Waals surface area contributed by atoms with Gasteiger partial charge in [0.2, 0.25) is 0 Å². The van der Waals surface area contributed by atoms with Crippen molar-refractivity contribution in [3.05, 3.63) is 42.1 Å². The van der Waals surface area contributed by atoms with Crippen molar-refractivity contribution in [1.82, 2.24) is 20.0 Å². The van der Waals surface area contributed by atoms with E-state index in [1.54, 1.807) is 17.1 Å². The lowest BCUT2D eigenvalue weighted by Crippen LogP contribution is -2.20. The van der Waals surface area contributed by atoms with Gasteiger partial charge in [-0.3, -0.25) is 4.68 Å². The average Bonchev–Trinajstić information content (AvgIpc) is 2.77. The molecular formula is C13H20N4O3. The normalized spacial score (nSPS) is 11.2. The molecule has 0 saturated heterocycles. The van der Waals surface area contributed by atoms with Gasteiger partial charge in [-0.25, -0.2) is 4.79 Å². The number of aromatic nitrogens is 2. The maximum Gasteiger partial charge on any atom is 0.339 e. The maximum atomic E-state index is 11.1. The molecule has 2 N–H and O–H groups in total. The molecule has 1 aromatic rings. The van der Waals surface area contributed by atoms with Crippen molar-refractivity contribution in [2.75, 3.05) is 21.2 Å². The highest BCUT2D eigenvalue weighted by molar-refractivity contribution is 5.88.